The Morgan fingerprint density at radius 3 is 2.57 bits per heavy atom. The van der Waals surface area contributed by atoms with Crippen molar-refractivity contribution in [2.45, 2.75) is 19.9 Å². The van der Waals surface area contributed by atoms with Crippen LogP contribution in [0, 0.1) is 0 Å². The maximum Gasteiger partial charge on any atom is 0.254 e. The number of carbonyl (C=O) groups is 1. The zero-order valence-electron chi connectivity index (χ0n) is 12.6. The molecule has 2 aromatic carbocycles. The molecule has 21 heavy (non-hydrogen) atoms. The Bertz CT molecular complexity index is 706. The van der Waals surface area contributed by atoms with Gasteiger partial charge in [0.2, 0.25) is 0 Å². The predicted molar refractivity (Wildman–Crippen MR) is 83.6 cm³/mol. The van der Waals surface area contributed by atoms with Gasteiger partial charge in [0.15, 0.2) is 0 Å². The van der Waals surface area contributed by atoms with Crippen molar-refractivity contribution in [2.75, 3.05) is 14.2 Å². The number of rotatable bonds is 2. The molecule has 0 unspecified atom stereocenters. The van der Waals surface area contributed by atoms with Crippen LogP contribution < -0.4 is 4.74 Å². The first-order valence-corrected chi connectivity index (χ1v) is 7.19. The zero-order chi connectivity index (χ0) is 15.0. The Morgan fingerprint density at radius 1 is 1.10 bits per heavy atom. The van der Waals surface area contributed by atoms with Gasteiger partial charge in [-0.3, -0.25) is 4.79 Å². The molecule has 0 fully saturated rings. The summed E-state index contributed by atoms with van der Waals surface area (Å²) in [5, 5.41) is 0. The van der Waals surface area contributed by atoms with Crippen molar-refractivity contribution >= 4 is 5.91 Å². The predicted octanol–water partition coefficient (Wildman–Crippen LogP) is 3.51. The number of benzene rings is 2. The van der Waals surface area contributed by atoms with Crippen LogP contribution in [0.2, 0.25) is 0 Å². The molecule has 0 spiro atoms. The highest BCUT2D eigenvalue weighted by molar-refractivity contribution is 6.02. The summed E-state index contributed by atoms with van der Waals surface area (Å²) in [5.74, 6) is 0.752. The Kier molecular flexibility index (Phi) is 3.42. The van der Waals surface area contributed by atoms with Gasteiger partial charge in [-0.1, -0.05) is 25.1 Å². The van der Waals surface area contributed by atoms with Gasteiger partial charge in [-0.2, -0.15) is 0 Å². The monoisotopic (exact) mass is 281 g/mol. The molecule has 0 bridgehead atoms. The molecule has 0 N–H and O–H groups in total. The fourth-order valence-electron chi connectivity index (χ4n) is 2.86. The number of aryl methyl sites for hydroxylation is 1. The highest BCUT2D eigenvalue weighted by atomic mass is 16.5. The Morgan fingerprint density at radius 2 is 1.86 bits per heavy atom. The molecule has 0 saturated carbocycles. The average molecular weight is 281 g/mol. The van der Waals surface area contributed by atoms with Crippen molar-refractivity contribution in [3.8, 4) is 16.9 Å². The largest absolute Gasteiger partial charge is 0.497 e. The normalized spacial score (nSPS) is 13.5. The second kappa shape index (κ2) is 5.24. The van der Waals surface area contributed by atoms with Crippen LogP contribution in [0.1, 0.15) is 28.4 Å². The lowest BCUT2D eigenvalue weighted by atomic mass is 9.94. The minimum Gasteiger partial charge on any atom is -0.497 e. The number of amides is 1. The summed E-state index contributed by atoms with van der Waals surface area (Å²) >= 11 is 0. The highest BCUT2D eigenvalue weighted by Gasteiger charge is 2.24. The van der Waals surface area contributed by atoms with Crippen LogP contribution in [0.4, 0.5) is 0 Å². The van der Waals surface area contributed by atoms with E-state index in [0.717, 1.165) is 17.5 Å². The van der Waals surface area contributed by atoms with E-state index in [1.165, 1.54) is 11.1 Å². The van der Waals surface area contributed by atoms with E-state index in [4.69, 9.17) is 4.74 Å². The van der Waals surface area contributed by atoms with Crippen molar-refractivity contribution in [2.24, 2.45) is 0 Å². The van der Waals surface area contributed by atoms with E-state index in [1.807, 2.05) is 25.2 Å². The fraction of sp³-hybridized carbons (Fsp3) is 0.278. The molecule has 3 rings (SSSR count). The fourth-order valence-corrected chi connectivity index (χ4v) is 2.86. The third-order valence-corrected chi connectivity index (χ3v) is 4.08. The van der Waals surface area contributed by atoms with Gasteiger partial charge < -0.3 is 9.64 Å². The number of hydrogen-bond donors (Lipinski definition) is 0. The lowest BCUT2D eigenvalue weighted by Crippen LogP contribution is -2.24. The van der Waals surface area contributed by atoms with Crippen molar-refractivity contribution in [3.05, 3.63) is 53.1 Å². The number of hydrogen-bond acceptors (Lipinski definition) is 2. The van der Waals surface area contributed by atoms with Crippen LogP contribution in [-0.2, 0) is 13.0 Å². The number of fused-ring (bicyclic) bond motifs is 3. The van der Waals surface area contributed by atoms with Crippen LogP contribution in [0.25, 0.3) is 11.1 Å². The summed E-state index contributed by atoms with van der Waals surface area (Å²) in [7, 11) is 3.47. The molecule has 108 valence electrons. The first-order valence-electron chi connectivity index (χ1n) is 7.19. The van der Waals surface area contributed by atoms with Gasteiger partial charge in [-0.15, -0.1) is 0 Å². The first kappa shape index (κ1) is 13.7. The highest BCUT2D eigenvalue weighted by Crippen LogP contribution is 2.34. The van der Waals surface area contributed by atoms with Gasteiger partial charge in [0, 0.05) is 13.6 Å². The lowest BCUT2D eigenvalue weighted by Gasteiger charge is -2.15. The lowest BCUT2D eigenvalue weighted by molar-refractivity contribution is 0.0788. The second-order valence-electron chi connectivity index (χ2n) is 5.42. The number of ether oxygens (including phenoxy) is 1. The molecule has 0 aliphatic carbocycles. The number of methoxy groups -OCH3 is 1. The summed E-state index contributed by atoms with van der Waals surface area (Å²) in [6.07, 6.45) is 1.00. The van der Waals surface area contributed by atoms with Crippen LogP contribution in [0.15, 0.2) is 36.4 Å². The van der Waals surface area contributed by atoms with E-state index in [0.29, 0.717) is 17.9 Å². The molecule has 3 nitrogen and oxygen atoms in total. The molecule has 0 atom stereocenters. The quantitative estimate of drug-likeness (QED) is 0.843. The molecule has 1 aliphatic rings. The van der Waals surface area contributed by atoms with Gasteiger partial charge in [0.25, 0.3) is 5.91 Å². The van der Waals surface area contributed by atoms with Gasteiger partial charge in [-0.05, 0) is 46.9 Å². The maximum atomic E-state index is 12.6. The molecule has 1 heterocycles. The molecule has 0 saturated heterocycles. The summed E-state index contributed by atoms with van der Waals surface area (Å²) in [5.41, 5.74) is 5.34. The van der Waals surface area contributed by atoms with Crippen LogP contribution in [0.3, 0.4) is 0 Å². The van der Waals surface area contributed by atoms with Crippen molar-refractivity contribution in [3.63, 3.8) is 0 Å². The Labute approximate surface area is 125 Å². The Balaban J connectivity index is 2.24. The van der Waals surface area contributed by atoms with Gasteiger partial charge in [0.05, 0.1) is 12.7 Å². The topological polar surface area (TPSA) is 29.5 Å². The molecule has 1 amide bonds. The van der Waals surface area contributed by atoms with E-state index in [9.17, 15) is 4.79 Å². The van der Waals surface area contributed by atoms with E-state index in [-0.39, 0.29) is 5.91 Å². The van der Waals surface area contributed by atoms with E-state index < -0.39 is 0 Å². The van der Waals surface area contributed by atoms with Gasteiger partial charge >= 0.3 is 0 Å². The smallest absolute Gasteiger partial charge is 0.254 e. The van der Waals surface area contributed by atoms with Crippen LogP contribution >= 0.6 is 0 Å². The van der Waals surface area contributed by atoms with Crippen molar-refractivity contribution in [1.29, 1.82) is 0 Å². The minimum absolute atomic E-state index is 0.0400. The zero-order valence-corrected chi connectivity index (χ0v) is 12.6. The molecular formula is C18H19NO2. The first-order chi connectivity index (χ1) is 10.1. The van der Waals surface area contributed by atoms with Crippen molar-refractivity contribution in [1.82, 2.24) is 4.90 Å². The maximum absolute atomic E-state index is 12.6. The molecule has 0 radical (unpaired) electrons. The third-order valence-electron chi connectivity index (χ3n) is 4.08. The Hall–Kier alpha value is -2.29. The van der Waals surface area contributed by atoms with E-state index in [1.54, 1.807) is 12.0 Å². The van der Waals surface area contributed by atoms with E-state index in [2.05, 4.69) is 25.1 Å². The average Bonchev–Trinajstić information content (AvgIpc) is 2.62. The van der Waals surface area contributed by atoms with Crippen molar-refractivity contribution < 1.29 is 9.53 Å². The second-order valence-corrected chi connectivity index (χ2v) is 5.42. The summed E-state index contributed by atoms with van der Waals surface area (Å²) in [6.45, 7) is 2.78. The molecule has 2 aromatic rings. The number of carbonyl (C=O) groups excluding carboxylic acids is 1. The third kappa shape index (κ3) is 2.29. The van der Waals surface area contributed by atoms with E-state index >= 15 is 0 Å². The van der Waals surface area contributed by atoms with Crippen LogP contribution in [0.5, 0.6) is 5.75 Å². The molecule has 1 aliphatic heterocycles. The van der Waals surface area contributed by atoms with Gasteiger partial charge in [-0.25, -0.2) is 0 Å². The standard InChI is InChI=1S/C18H19NO2/c1-4-12-5-7-15-13(9-12)11-19(2)18(20)17-10-14(21-3)6-8-16(15)17/h5-10H,4,11H2,1-3H3. The molecule has 3 heteroatoms. The summed E-state index contributed by atoms with van der Waals surface area (Å²) in [4.78, 5) is 14.4. The van der Waals surface area contributed by atoms with Gasteiger partial charge in [0.1, 0.15) is 5.75 Å². The number of nitrogens with zero attached hydrogens (tertiary/aromatic N) is 1. The molecule has 0 aromatic heterocycles. The SMILES string of the molecule is CCc1ccc2c(c1)CN(C)C(=O)c1cc(OC)ccc1-2. The summed E-state index contributed by atoms with van der Waals surface area (Å²) < 4.78 is 5.26. The molecular weight excluding hydrogens is 262 g/mol. The minimum atomic E-state index is 0.0400. The summed E-state index contributed by atoms with van der Waals surface area (Å²) in [6, 6.07) is 12.2. The van der Waals surface area contributed by atoms with Crippen LogP contribution in [-0.4, -0.2) is 25.0 Å².